The third-order valence-corrected chi connectivity index (χ3v) is 7.12. The van der Waals surface area contributed by atoms with Gasteiger partial charge in [-0.3, -0.25) is 14.9 Å². The topological polar surface area (TPSA) is 105 Å². The Morgan fingerprint density at radius 1 is 1.05 bits per heavy atom. The van der Waals surface area contributed by atoms with Crippen LogP contribution in [-0.2, 0) is 13.0 Å². The van der Waals surface area contributed by atoms with Gasteiger partial charge < -0.3 is 9.30 Å². The molecule has 0 saturated heterocycles. The minimum absolute atomic E-state index is 0.0509. The van der Waals surface area contributed by atoms with Gasteiger partial charge in [-0.2, -0.15) is 9.78 Å². The summed E-state index contributed by atoms with van der Waals surface area (Å²) in [6, 6.07) is 21.5. The summed E-state index contributed by atoms with van der Waals surface area (Å²) in [4.78, 5) is 28.3. The number of nitrogens with zero attached hydrogens (tertiary/aromatic N) is 5. The van der Waals surface area contributed by atoms with E-state index in [2.05, 4.69) is 30.6 Å². The first-order valence-electron chi connectivity index (χ1n) is 12.7. The Kier molecular flexibility index (Phi) is 7.61. The molecule has 0 aliphatic rings. The molecule has 0 unspecified atom stereocenters. The van der Waals surface area contributed by atoms with Gasteiger partial charge in [0.25, 0.3) is 11.2 Å². The maximum Gasteiger partial charge on any atom is 0.282 e. The summed E-state index contributed by atoms with van der Waals surface area (Å²) in [5.74, 6) is 1.28. The Morgan fingerprint density at radius 2 is 1.77 bits per heavy atom. The van der Waals surface area contributed by atoms with E-state index in [4.69, 9.17) is 4.74 Å². The SMILES string of the molecule is CCc1nc2ccc(Br)cc2c(=O)n1N=Cc1cc(C)n(-c2ccc(OCc3ccc([N+](=O)[O-])cc3)cc2)c1C. The Bertz CT molecular complexity index is 1810. The van der Waals surface area contributed by atoms with Gasteiger partial charge in [0.15, 0.2) is 0 Å². The Balaban J connectivity index is 1.37. The second-order valence-corrected chi connectivity index (χ2v) is 10.2. The van der Waals surface area contributed by atoms with Crippen molar-refractivity contribution in [1.82, 2.24) is 14.2 Å². The number of aromatic nitrogens is 3. The fourth-order valence-corrected chi connectivity index (χ4v) is 4.91. The highest BCUT2D eigenvalue weighted by Crippen LogP contribution is 2.23. The van der Waals surface area contributed by atoms with Crippen molar-refractivity contribution >= 4 is 38.7 Å². The molecular formula is C30H26BrN5O4. The maximum absolute atomic E-state index is 13.2. The van der Waals surface area contributed by atoms with Crippen molar-refractivity contribution < 1.29 is 9.66 Å². The third-order valence-electron chi connectivity index (χ3n) is 6.62. The van der Waals surface area contributed by atoms with E-state index in [1.807, 2.05) is 63.2 Å². The quantitative estimate of drug-likeness (QED) is 0.115. The minimum atomic E-state index is -0.423. The molecule has 0 amide bonds. The van der Waals surface area contributed by atoms with Gasteiger partial charge in [-0.25, -0.2) is 4.98 Å². The van der Waals surface area contributed by atoms with Crippen molar-refractivity contribution in [2.45, 2.75) is 33.8 Å². The highest BCUT2D eigenvalue weighted by molar-refractivity contribution is 9.10. The van der Waals surface area contributed by atoms with Crippen LogP contribution in [0.25, 0.3) is 16.6 Å². The summed E-state index contributed by atoms with van der Waals surface area (Å²) >= 11 is 3.43. The van der Waals surface area contributed by atoms with Crippen molar-refractivity contribution in [2.75, 3.05) is 0 Å². The second kappa shape index (κ2) is 11.3. The zero-order valence-corrected chi connectivity index (χ0v) is 23.8. The number of hydrogen-bond acceptors (Lipinski definition) is 6. The molecule has 0 aliphatic heterocycles. The minimum Gasteiger partial charge on any atom is -0.489 e. The number of benzene rings is 3. The van der Waals surface area contributed by atoms with Gasteiger partial charge in [-0.05, 0) is 80.1 Å². The average molecular weight is 600 g/mol. The van der Waals surface area contributed by atoms with Crippen LogP contribution in [0.2, 0.25) is 0 Å². The van der Waals surface area contributed by atoms with Crippen LogP contribution in [0, 0.1) is 24.0 Å². The van der Waals surface area contributed by atoms with Gasteiger partial charge in [0, 0.05) is 45.7 Å². The van der Waals surface area contributed by atoms with E-state index in [9.17, 15) is 14.9 Å². The summed E-state index contributed by atoms with van der Waals surface area (Å²) < 4.78 is 10.2. The van der Waals surface area contributed by atoms with Crippen LogP contribution in [0.3, 0.4) is 0 Å². The summed E-state index contributed by atoms with van der Waals surface area (Å²) in [6.07, 6.45) is 2.27. The van der Waals surface area contributed by atoms with Gasteiger partial charge in [-0.15, -0.1) is 0 Å². The Morgan fingerprint density at radius 3 is 2.45 bits per heavy atom. The molecule has 202 valence electrons. The number of ether oxygens (including phenoxy) is 1. The predicted octanol–water partition coefficient (Wildman–Crippen LogP) is 6.50. The van der Waals surface area contributed by atoms with Crippen LogP contribution in [0.1, 0.15) is 35.3 Å². The first-order chi connectivity index (χ1) is 19.2. The molecular weight excluding hydrogens is 574 g/mol. The van der Waals surface area contributed by atoms with Gasteiger partial charge in [0.1, 0.15) is 18.2 Å². The van der Waals surface area contributed by atoms with Crippen molar-refractivity contribution in [3.05, 3.63) is 126 Å². The highest BCUT2D eigenvalue weighted by atomic mass is 79.9. The first-order valence-corrected chi connectivity index (χ1v) is 13.5. The largest absolute Gasteiger partial charge is 0.489 e. The molecule has 2 heterocycles. The van der Waals surface area contributed by atoms with Gasteiger partial charge in [0.05, 0.1) is 22.0 Å². The molecule has 0 N–H and O–H groups in total. The molecule has 9 nitrogen and oxygen atoms in total. The molecule has 0 radical (unpaired) electrons. The molecule has 5 rings (SSSR count). The molecule has 5 aromatic rings. The molecule has 0 aliphatic carbocycles. The molecule has 0 atom stereocenters. The van der Waals surface area contributed by atoms with E-state index in [0.29, 0.717) is 35.5 Å². The van der Waals surface area contributed by atoms with E-state index in [0.717, 1.165) is 32.7 Å². The Labute approximate surface area is 238 Å². The smallest absolute Gasteiger partial charge is 0.282 e. The number of halogens is 1. The third kappa shape index (κ3) is 5.43. The molecule has 3 aromatic carbocycles. The number of non-ortho nitro benzene ring substituents is 1. The zero-order chi connectivity index (χ0) is 28.4. The van der Waals surface area contributed by atoms with Crippen molar-refractivity contribution in [2.24, 2.45) is 5.10 Å². The summed E-state index contributed by atoms with van der Waals surface area (Å²) in [7, 11) is 0. The number of aryl methyl sites for hydroxylation is 2. The van der Waals surface area contributed by atoms with Gasteiger partial charge >= 0.3 is 0 Å². The van der Waals surface area contributed by atoms with Crippen molar-refractivity contribution in [1.29, 1.82) is 0 Å². The monoisotopic (exact) mass is 599 g/mol. The first kappa shape index (κ1) is 27.0. The lowest BCUT2D eigenvalue weighted by molar-refractivity contribution is -0.384. The van der Waals surface area contributed by atoms with E-state index in [-0.39, 0.29) is 11.2 Å². The molecule has 0 bridgehead atoms. The lowest BCUT2D eigenvalue weighted by atomic mass is 10.2. The number of rotatable bonds is 8. The van der Waals surface area contributed by atoms with Crippen LogP contribution in [0.5, 0.6) is 5.75 Å². The van der Waals surface area contributed by atoms with E-state index in [1.165, 1.54) is 16.8 Å². The van der Waals surface area contributed by atoms with Crippen LogP contribution in [-0.4, -0.2) is 25.4 Å². The summed E-state index contributed by atoms with van der Waals surface area (Å²) in [6.45, 7) is 6.28. The number of nitro groups is 1. The number of nitro benzene ring substituents is 1. The van der Waals surface area contributed by atoms with Gasteiger partial charge in [-0.1, -0.05) is 22.9 Å². The lowest BCUT2D eigenvalue weighted by Crippen LogP contribution is -2.22. The fraction of sp³-hybridized carbons (Fsp3) is 0.167. The standard InChI is InChI=1S/C30H26BrN5O4/c1-4-29-33-28-14-7-23(31)16-27(28)30(37)35(29)32-17-22-15-19(2)34(20(22)3)24-10-12-26(13-11-24)40-18-21-5-8-25(9-6-21)36(38)39/h5-17H,4,18H2,1-3H3. The van der Waals surface area contributed by atoms with E-state index < -0.39 is 4.92 Å². The number of fused-ring (bicyclic) bond motifs is 1. The highest BCUT2D eigenvalue weighted by Gasteiger charge is 2.13. The Hall–Kier alpha value is -4.57. The van der Waals surface area contributed by atoms with E-state index in [1.54, 1.807) is 24.4 Å². The average Bonchev–Trinajstić information content (AvgIpc) is 3.24. The maximum atomic E-state index is 13.2. The van der Waals surface area contributed by atoms with Gasteiger partial charge in [0.2, 0.25) is 0 Å². The fourth-order valence-electron chi connectivity index (χ4n) is 4.55. The van der Waals surface area contributed by atoms with Crippen molar-refractivity contribution in [3.8, 4) is 11.4 Å². The lowest BCUT2D eigenvalue weighted by Gasteiger charge is -2.11. The zero-order valence-electron chi connectivity index (χ0n) is 22.2. The molecule has 0 spiro atoms. The molecule has 2 aromatic heterocycles. The number of hydrogen-bond donors (Lipinski definition) is 0. The second-order valence-electron chi connectivity index (χ2n) is 9.27. The molecule has 0 fully saturated rings. The molecule has 0 saturated carbocycles. The molecule has 40 heavy (non-hydrogen) atoms. The normalized spacial score (nSPS) is 11.4. The summed E-state index contributed by atoms with van der Waals surface area (Å²) in [5.41, 5.74) is 5.17. The summed E-state index contributed by atoms with van der Waals surface area (Å²) in [5, 5.41) is 15.9. The molecule has 10 heteroatoms. The van der Waals surface area contributed by atoms with Crippen LogP contribution >= 0.6 is 15.9 Å². The van der Waals surface area contributed by atoms with Crippen LogP contribution in [0.4, 0.5) is 5.69 Å². The van der Waals surface area contributed by atoms with Crippen LogP contribution < -0.4 is 10.3 Å². The predicted molar refractivity (Wildman–Crippen MR) is 159 cm³/mol. The van der Waals surface area contributed by atoms with Crippen LogP contribution in [0.15, 0.2) is 87.2 Å². The van der Waals surface area contributed by atoms with E-state index >= 15 is 0 Å². The van der Waals surface area contributed by atoms with Crippen molar-refractivity contribution in [3.63, 3.8) is 0 Å².